The Balaban J connectivity index is 2.50. The molecular formula is C19H25NO2. The van der Waals surface area contributed by atoms with Crippen LogP contribution in [0.15, 0.2) is 36.4 Å². The molecule has 0 aliphatic rings. The minimum Gasteiger partial charge on any atom is -0.497 e. The number of hydrogen-bond acceptors (Lipinski definition) is 3. The van der Waals surface area contributed by atoms with E-state index in [0.29, 0.717) is 24.4 Å². The lowest BCUT2D eigenvalue weighted by molar-refractivity contribution is 0.0951. The number of benzene rings is 1. The molecule has 0 aromatic heterocycles. The van der Waals surface area contributed by atoms with Gasteiger partial charge in [0.2, 0.25) is 0 Å². The van der Waals surface area contributed by atoms with E-state index in [1.165, 1.54) is 0 Å². The lowest BCUT2D eigenvalue weighted by Crippen LogP contribution is -2.26. The molecule has 1 aromatic carbocycles. The average Bonchev–Trinajstić information content (AvgIpc) is 2.45. The maximum atomic E-state index is 12.2. The molecule has 0 saturated carbocycles. The van der Waals surface area contributed by atoms with E-state index in [4.69, 9.17) is 4.74 Å². The average molecular weight is 299 g/mol. The number of likely N-dealkylation sites (N-methyl/N-ethyl adjacent to an activating group) is 1. The van der Waals surface area contributed by atoms with Crippen molar-refractivity contribution in [2.75, 3.05) is 27.2 Å². The molecule has 0 fully saturated rings. The Morgan fingerprint density at radius 2 is 2.09 bits per heavy atom. The molecule has 0 unspecified atom stereocenters. The van der Waals surface area contributed by atoms with E-state index in [2.05, 4.69) is 32.6 Å². The van der Waals surface area contributed by atoms with Gasteiger partial charge in [-0.3, -0.25) is 9.69 Å². The summed E-state index contributed by atoms with van der Waals surface area (Å²) in [5.74, 6) is 6.94. The van der Waals surface area contributed by atoms with Crippen LogP contribution in [0.3, 0.4) is 0 Å². The summed E-state index contributed by atoms with van der Waals surface area (Å²) in [6.07, 6.45) is 3.81. The van der Waals surface area contributed by atoms with Gasteiger partial charge in [0.15, 0.2) is 5.78 Å². The zero-order valence-corrected chi connectivity index (χ0v) is 14.1. The van der Waals surface area contributed by atoms with Crippen LogP contribution in [0.5, 0.6) is 5.75 Å². The molecule has 0 heterocycles. The van der Waals surface area contributed by atoms with Crippen LogP contribution in [0.25, 0.3) is 0 Å². The van der Waals surface area contributed by atoms with E-state index in [-0.39, 0.29) is 11.2 Å². The molecule has 118 valence electrons. The minimum atomic E-state index is 0.0125. The van der Waals surface area contributed by atoms with Crippen molar-refractivity contribution < 1.29 is 9.53 Å². The van der Waals surface area contributed by atoms with Crippen LogP contribution in [-0.4, -0.2) is 37.9 Å². The van der Waals surface area contributed by atoms with Gasteiger partial charge in [-0.05, 0) is 46.0 Å². The number of allylic oxidation sites excluding steroid dienone is 1. The number of ether oxygens (including phenoxy) is 1. The second-order valence-corrected chi connectivity index (χ2v) is 6.27. The molecule has 0 atom stereocenters. The molecule has 0 spiro atoms. The first-order valence-electron chi connectivity index (χ1n) is 7.35. The van der Waals surface area contributed by atoms with Crippen LogP contribution in [-0.2, 0) is 0 Å². The van der Waals surface area contributed by atoms with Gasteiger partial charge < -0.3 is 4.74 Å². The smallest absolute Gasteiger partial charge is 0.176 e. The van der Waals surface area contributed by atoms with Gasteiger partial charge in [-0.2, -0.15) is 0 Å². The van der Waals surface area contributed by atoms with Gasteiger partial charge in [-0.25, -0.2) is 0 Å². The van der Waals surface area contributed by atoms with E-state index < -0.39 is 0 Å². The van der Waals surface area contributed by atoms with E-state index in [0.717, 1.165) is 0 Å². The lowest BCUT2D eigenvalue weighted by Gasteiger charge is -2.13. The summed E-state index contributed by atoms with van der Waals surface area (Å²) in [6.45, 7) is 7.28. The molecule has 0 aliphatic heterocycles. The third-order valence-corrected chi connectivity index (χ3v) is 2.87. The van der Waals surface area contributed by atoms with Crippen molar-refractivity contribution in [3.8, 4) is 17.6 Å². The summed E-state index contributed by atoms with van der Waals surface area (Å²) in [4.78, 5) is 14.1. The first-order valence-corrected chi connectivity index (χ1v) is 7.35. The number of carbonyl (C=O) groups is 1. The van der Waals surface area contributed by atoms with Crippen LogP contribution in [0, 0.1) is 17.3 Å². The van der Waals surface area contributed by atoms with E-state index in [1.54, 1.807) is 13.2 Å². The Hall–Kier alpha value is -2.05. The van der Waals surface area contributed by atoms with Crippen molar-refractivity contribution in [3.63, 3.8) is 0 Å². The first-order chi connectivity index (χ1) is 10.3. The van der Waals surface area contributed by atoms with Crippen LogP contribution < -0.4 is 4.74 Å². The number of nitrogens with zero attached hydrogens (tertiary/aromatic N) is 1. The Morgan fingerprint density at radius 1 is 1.36 bits per heavy atom. The van der Waals surface area contributed by atoms with Gasteiger partial charge in [0.25, 0.3) is 0 Å². The number of ketones is 1. The fourth-order valence-corrected chi connectivity index (χ4v) is 1.75. The van der Waals surface area contributed by atoms with Gasteiger partial charge in [0.05, 0.1) is 13.7 Å². The number of hydrogen-bond donors (Lipinski definition) is 0. The molecule has 1 aromatic rings. The zero-order chi connectivity index (χ0) is 16.6. The standard InChI is InChI=1S/C19H25NO2/c1-19(2,3)12-7-6-8-13-20(4)15-18(21)16-10-9-11-17(14-16)22-5/h6,8-11,14H,13,15H2,1-5H3. The van der Waals surface area contributed by atoms with E-state index >= 15 is 0 Å². The van der Waals surface area contributed by atoms with Crippen molar-refractivity contribution >= 4 is 5.78 Å². The molecule has 3 nitrogen and oxygen atoms in total. The van der Waals surface area contributed by atoms with Crippen molar-refractivity contribution in [2.24, 2.45) is 5.41 Å². The third-order valence-electron chi connectivity index (χ3n) is 2.87. The summed E-state index contributed by atoms with van der Waals surface area (Å²) in [5, 5.41) is 0. The Labute approximate surface area is 134 Å². The topological polar surface area (TPSA) is 29.5 Å². The summed E-state index contributed by atoms with van der Waals surface area (Å²) in [7, 11) is 3.51. The van der Waals surface area contributed by atoms with Crippen LogP contribution >= 0.6 is 0 Å². The van der Waals surface area contributed by atoms with Crippen molar-refractivity contribution in [1.82, 2.24) is 4.90 Å². The number of methoxy groups -OCH3 is 1. The molecule has 0 radical (unpaired) electrons. The molecule has 0 bridgehead atoms. The molecule has 0 amide bonds. The fraction of sp³-hybridized carbons (Fsp3) is 0.421. The third kappa shape index (κ3) is 7.10. The zero-order valence-electron chi connectivity index (χ0n) is 14.1. The molecule has 22 heavy (non-hydrogen) atoms. The van der Waals surface area contributed by atoms with Gasteiger partial charge in [-0.1, -0.05) is 30.0 Å². The SMILES string of the molecule is COc1cccc(C(=O)CN(C)CC=CC#CC(C)(C)C)c1. The minimum absolute atomic E-state index is 0.0125. The van der Waals surface area contributed by atoms with Crippen molar-refractivity contribution in [3.05, 3.63) is 42.0 Å². The predicted molar refractivity (Wildman–Crippen MR) is 91.2 cm³/mol. The highest BCUT2D eigenvalue weighted by molar-refractivity contribution is 5.97. The molecule has 0 saturated heterocycles. The molecular weight excluding hydrogens is 274 g/mol. The summed E-state index contributed by atoms with van der Waals surface area (Å²) >= 11 is 0. The maximum absolute atomic E-state index is 12.2. The van der Waals surface area contributed by atoms with Gasteiger partial charge >= 0.3 is 0 Å². The molecule has 0 aliphatic carbocycles. The maximum Gasteiger partial charge on any atom is 0.176 e. The van der Waals surface area contributed by atoms with E-state index in [1.807, 2.05) is 42.3 Å². The monoisotopic (exact) mass is 299 g/mol. The van der Waals surface area contributed by atoms with Crippen molar-refractivity contribution in [1.29, 1.82) is 0 Å². The Kier molecular flexibility index (Phi) is 6.88. The molecule has 3 heteroatoms. The number of Topliss-reactive ketones (excluding diaryl/α,β-unsaturated/α-hetero) is 1. The van der Waals surface area contributed by atoms with Crippen LogP contribution in [0.4, 0.5) is 0 Å². The fourth-order valence-electron chi connectivity index (χ4n) is 1.75. The first kappa shape index (κ1) is 18.0. The quantitative estimate of drug-likeness (QED) is 0.595. The highest BCUT2D eigenvalue weighted by atomic mass is 16.5. The number of carbonyl (C=O) groups excluding carboxylic acids is 1. The predicted octanol–water partition coefficient (Wildman–Crippen LogP) is 3.42. The highest BCUT2D eigenvalue weighted by Gasteiger charge is 2.09. The summed E-state index contributed by atoms with van der Waals surface area (Å²) in [5.41, 5.74) is 0.682. The number of rotatable bonds is 6. The van der Waals surface area contributed by atoms with Gasteiger partial charge in [-0.15, -0.1) is 0 Å². The molecule has 1 rings (SSSR count). The second kappa shape index (κ2) is 8.41. The Bertz CT molecular complexity index is 585. The summed E-state index contributed by atoms with van der Waals surface area (Å²) < 4.78 is 5.14. The van der Waals surface area contributed by atoms with Crippen LogP contribution in [0.1, 0.15) is 31.1 Å². The van der Waals surface area contributed by atoms with Crippen molar-refractivity contribution in [2.45, 2.75) is 20.8 Å². The van der Waals surface area contributed by atoms with Gasteiger partial charge in [0, 0.05) is 17.5 Å². The second-order valence-electron chi connectivity index (χ2n) is 6.27. The summed E-state index contributed by atoms with van der Waals surface area (Å²) in [6, 6.07) is 7.23. The van der Waals surface area contributed by atoms with Gasteiger partial charge in [0.1, 0.15) is 5.75 Å². The van der Waals surface area contributed by atoms with Crippen LogP contribution in [0.2, 0.25) is 0 Å². The highest BCUT2D eigenvalue weighted by Crippen LogP contribution is 2.13. The molecule has 0 N–H and O–H groups in total. The largest absolute Gasteiger partial charge is 0.497 e. The normalized spacial score (nSPS) is 11.4. The van der Waals surface area contributed by atoms with E-state index in [9.17, 15) is 4.79 Å². The Morgan fingerprint density at radius 3 is 2.73 bits per heavy atom. The lowest BCUT2D eigenvalue weighted by atomic mass is 9.98.